The second-order valence-electron chi connectivity index (χ2n) is 5.37. The highest BCUT2D eigenvalue weighted by molar-refractivity contribution is 5.56. The number of rotatable bonds is 6. The van der Waals surface area contributed by atoms with Crippen LogP contribution in [0.5, 0.6) is 0 Å². The standard InChI is InChI=1S/C14H26N4O/c1-6-14(7-2,8-19)18-13-10(5)11(15)16-12(17-13)9(3)4/h9,19H,6-8H2,1-5H3,(H3,15,16,17,18). The van der Waals surface area contributed by atoms with Crippen molar-refractivity contribution in [3.8, 4) is 0 Å². The molecule has 0 aliphatic heterocycles. The average molecular weight is 266 g/mol. The number of nitrogens with one attached hydrogen (secondary N) is 1. The van der Waals surface area contributed by atoms with Crippen molar-refractivity contribution in [3.63, 3.8) is 0 Å². The predicted octanol–water partition coefficient (Wildman–Crippen LogP) is 2.45. The predicted molar refractivity (Wildman–Crippen MR) is 79.3 cm³/mol. The van der Waals surface area contributed by atoms with Gasteiger partial charge in [-0.05, 0) is 19.8 Å². The molecule has 0 amide bonds. The third-order valence-corrected chi connectivity index (χ3v) is 3.76. The summed E-state index contributed by atoms with van der Waals surface area (Å²) in [5.74, 6) is 2.18. The molecular formula is C14H26N4O. The van der Waals surface area contributed by atoms with E-state index in [-0.39, 0.29) is 18.1 Å². The van der Waals surface area contributed by atoms with Gasteiger partial charge in [0.15, 0.2) is 0 Å². The van der Waals surface area contributed by atoms with Crippen molar-refractivity contribution < 1.29 is 5.11 Å². The maximum absolute atomic E-state index is 9.64. The smallest absolute Gasteiger partial charge is 0.135 e. The van der Waals surface area contributed by atoms with Crippen LogP contribution < -0.4 is 11.1 Å². The van der Waals surface area contributed by atoms with Crippen LogP contribution in [0.2, 0.25) is 0 Å². The average Bonchev–Trinajstić information content (AvgIpc) is 2.40. The van der Waals surface area contributed by atoms with E-state index in [4.69, 9.17) is 5.73 Å². The molecule has 0 aliphatic carbocycles. The van der Waals surface area contributed by atoms with Crippen LogP contribution in [0.3, 0.4) is 0 Å². The fraction of sp³-hybridized carbons (Fsp3) is 0.714. The monoisotopic (exact) mass is 266 g/mol. The number of nitrogens with zero attached hydrogens (tertiary/aromatic N) is 2. The minimum absolute atomic E-state index is 0.0698. The molecule has 0 radical (unpaired) electrons. The molecule has 1 heterocycles. The zero-order chi connectivity index (χ0) is 14.6. The lowest BCUT2D eigenvalue weighted by Crippen LogP contribution is -2.41. The van der Waals surface area contributed by atoms with Crippen LogP contribution in [-0.2, 0) is 0 Å². The number of aliphatic hydroxyl groups is 1. The SMILES string of the molecule is CCC(CC)(CO)Nc1nc(C(C)C)nc(N)c1C. The second-order valence-corrected chi connectivity index (χ2v) is 5.37. The molecule has 1 aromatic heterocycles. The number of nitrogens with two attached hydrogens (primary N) is 1. The van der Waals surface area contributed by atoms with Crippen molar-refractivity contribution in [2.45, 2.75) is 58.9 Å². The summed E-state index contributed by atoms with van der Waals surface area (Å²) in [5.41, 5.74) is 6.44. The van der Waals surface area contributed by atoms with Crippen molar-refractivity contribution in [1.29, 1.82) is 0 Å². The Bertz CT molecular complexity index is 419. The molecule has 0 spiro atoms. The molecule has 0 bridgehead atoms. The highest BCUT2D eigenvalue weighted by Gasteiger charge is 2.26. The van der Waals surface area contributed by atoms with E-state index in [9.17, 15) is 5.11 Å². The zero-order valence-corrected chi connectivity index (χ0v) is 12.6. The highest BCUT2D eigenvalue weighted by Crippen LogP contribution is 2.26. The van der Waals surface area contributed by atoms with Crippen molar-refractivity contribution in [2.75, 3.05) is 17.7 Å². The van der Waals surface area contributed by atoms with Crippen LogP contribution in [0, 0.1) is 6.92 Å². The van der Waals surface area contributed by atoms with Gasteiger partial charge in [0.1, 0.15) is 17.5 Å². The van der Waals surface area contributed by atoms with E-state index in [0.29, 0.717) is 5.82 Å². The lowest BCUT2D eigenvalue weighted by molar-refractivity contribution is 0.202. The lowest BCUT2D eigenvalue weighted by atomic mass is 9.93. The van der Waals surface area contributed by atoms with Crippen LogP contribution in [-0.4, -0.2) is 27.2 Å². The van der Waals surface area contributed by atoms with Gasteiger partial charge in [0.25, 0.3) is 0 Å². The summed E-state index contributed by atoms with van der Waals surface area (Å²) in [4.78, 5) is 8.85. The van der Waals surface area contributed by atoms with E-state index in [1.165, 1.54) is 0 Å². The Balaban J connectivity index is 3.19. The molecule has 0 aromatic carbocycles. The molecule has 0 unspecified atom stereocenters. The third kappa shape index (κ3) is 3.35. The maximum Gasteiger partial charge on any atom is 0.135 e. The fourth-order valence-corrected chi connectivity index (χ4v) is 1.87. The molecule has 5 heteroatoms. The number of hydrogen-bond donors (Lipinski definition) is 3. The molecule has 1 rings (SSSR count). The Morgan fingerprint density at radius 1 is 1.26 bits per heavy atom. The Kier molecular flexibility index (Phi) is 5.11. The number of anilines is 2. The van der Waals surface area contributed by atoms with Gasteiger partial charge in [-0.25, -0.2) is 9.97 Å². The van der Waals surface area contributed by atoms with Gasteiger partial charge >= 0.3 is 0 Å². The minimum atomic E-state index is -0.347. The Hall–Kier alpha value is -1.36. The highest BCUT2D eigenvalue weighted by atomic mass is 16.3. The first-order valence-electron chi connectivity index (χ1n) is 6.92. The molecule has 108 valence electrons. The number of hydrogen-bond acceptors (Lipinski definition) is 5. The van der Waals surface area contributed by atoms with Crippen molar-refractivity contribution in [3.05, 3.63) is 11.4 Å². The number of aliphatic hydroxyl groups excluding tert-OH is 1. The first kappa shape index (κ1) is 15.7. The molecular weight excluding hydrogens is 240 g/mol. The molecule has 0 aliphatic rings. The maximum atomic E-state index is 9.64. The van der Waals surface area contributed by atoms with Gasteiger partial charge in [0, 0.05) is 11.5 Å². The third-order valence-electron chi connectivity index (χ3n) is 3.76. The summed E-state index contributed by atoms with van der Waals surface area (Å²) < 4.78 is 0. The quantitative estimate of drug-likeness (QED) is 0.736. The summed E-state index contributed by atoms with van der Waals surface area (Å²) in [6.07, 6.45) is 1.64. The van der Waals surface area contributed by atoms with Crippen LogP contribution >= 0.6 is 0 Å². The Morgan fingerprint density at radius 2 is 1.84 bits per heavy atom. The van der Waals surface area contributed by atoms with Crippen LogP contribution in [0.25, 0.3) is 0 Å². The van der Waals surface area contributed by atoms with Crippen LogP contribution in [0.15, 0.2) is 0 Å². The second kappa shape index (κ2) is 6.19. The minimum Gasteiger partial charge on any atom is -0.394 e. The Morgan fingerprint density at radius 3 is 2.26 bits per heavy atom. The van der Waals surface area contributed by atoms with E-state index in [2.05, 4.69) is 29.1 Å². The molecule has 0 fully saturated rings. The summed E-state index contributed by atoms with van der Waals surface area (Å²) in [6, 6.07) is 0. The first-order valence-corrected chi connectivity index (χ1v) is 6.92. The van der Waals surface area contributed by atoms with Crippen molar-refractivity contribution >= 4 is 11.6 Å². The van der Waals surface area contributed by atoms with E-state index in [0.717, 1.165) is 30.0 Å². The summed E-state index contributed by atoms with van der Waals surface area (Å²) in [5, 5.41) is 13.0. The van der Waals surface area contributed by atoms with Gasteiger partial charge in [-0.2, -0.15) is 0 Å². The molecule has 0 atom stereocenters. The van der Waals surface area contributed by atoms with Crippen LogP contribution in [0.4, 0.5) is 11.6 Å². The summed E-state index contributed by atoms with van der Waals surface area (Å²) >= 11 is 0. The molecule has 5 nitrogen and oxygen atoms in total. The van der Waals surface area contributed by atoms with Crippen molar-refractivity contribution in [2.24, 2.45) is 0 Å². The van der Waals surface area contributed by atoms with Gasteiger partial charge in [-0.1, -0.05) is 27.7 Å². The van der Waals surface area contributed by atoms with E-state index >= 15 is 0 Å². The van der Waals surface area contributed by atoms with Gasteiger partial charge in [0.2, 0.25) is 0 Å². The lowest BCUT2D eigenvalue weighted by Gasteiger charge is -2.32. The molecule has 0 saturated carbocycles. The molecule has 4 N–H and O–H groups in total. The van der Waals surface area contributed by atoms with E-state index in [1.54, 1.807) is 0 Å². The molecule has 0 saturated heterocycles. The molecule has 19 heavy (non-hydrogen) atoms. The van der Waals surface area contributed by atoms with Crippen molar-refractivity contribution in [1.82, 2.24) is 9.97 Å². The largest absolute Gasteiger partial charge is 0.394 e. The normalized spacial score (nSPS) is 11.9. The Labute approximate surface area is 115 Å². The van der Waals surface area contributed by atoms with Gasteiger partial charge in [-0.15, -0.1) is 0 Å². The molecule has 1 aromatic rings. The number of aromatic nitrogens is 2. The fourth-order valence-electron chi connectivity index (χ4n) is 1.87. The zero-order valence-electron chi connectivity index (χ0n) is 12.6. The summed E-state index contributed by atoms with van der Waals surface area (Å²) in [7, 11) is 0. The van der Waals surface area contributed by atoms with Gasteiger partial charge < -0.3 is 16.2 Å². The van der Waals surface area contributed by atoms with Gasteiger partial charge in [0.05, 0.1) is 12.1 Å². The first-order chi connectivity index (χ1) is 8.89. The topological polar surface area (TPSA) is 84.1 Å². The number of nitrogen functional groups attached to an aromatic ring is 1. The van der Waals surface area contributed by atoms with Crippen LogP contribution in [0.1, 0.15) is 57.8 Å². The summed E-state index contributed by atoms with van der Waals surface area (Å²) in [6.45, 7) is 10.1. The van der Waals surface area contributed by atoms with E-state index < -0.39 is 0 Å². The van der Waals surface area contributed by atoms with Gasteiger partial charge in [-0.3, -0.25) is 0 Å². The van der Waals surface area contributed by atoms with E-state index in [1.807, 2.05) is 20.8 Å².